The Morgan fingerprint density at radius 2 is 2.14 bits per heavy atom. The third-order valence-electron chi connectivity index (χ3n) is 0.644. The predicted molar refractivity (Wildman–Crippen MR) is 30.6 cm³/mol. The van der Waals surface area contributed by atoms with E-state index in [0.717, 1.165) is 6.42 Å². The molecule has 0 aliphatic heterocycles. The van der Waals surface area contributed by atoms with Crippen LogP contribution >= 0.6 is 0 Å². The predicted octanol–water partition coefficient (Wildman–Crippen LogP) is -0.851. The van der Waals surface area contributed by atoms with E-state index in [9.17, 15) is 0 Å². The molecule has 0 aromatic carbocycles. The van der Waals surface area contributed by atoms with Crippen molar-refractivity contribution >= 4 is 5.84 Å². The number of amidine groups is 1. The first-order chi connectivity index (χ1) is 3.13. The number of nitrogens with two attached hydrogens (primary N) is 2. The van der Waals surface area contributed by atoms with Crippen molar-refractivity contribution in [2.45, 2.75) is 20.3 Å². The van der Waals surface area contributed by atoms with E-state index in [0.29, 0.717) is 11.8 Å². The van der Waals surface area contributed by atoms with Crippen LogP contribution < -0.4 is 11.1 Å². The molecule has 0 saturated carbocycles. The van der Waals surface area contributed by atoms with Crippen molar-refractivity contribution in [1.82, 2.24) is 0 Å². The molecule has 0 heterocycles. The topological polar surface area (TPSA) is 51.6 Å². The van der Waals surface area contributed by atoms with E-state index in [-0.39, 0.29) is 0 Å². The van der Waals surface area contributed by atoms with Crippen molar-refractivity contribution in [3.05, 3.63) is 0 Å². The van der Waals surface area contributed by atoms with Crippen LogP contribution in [0.25, 0.3) is 0 Å². The van der Waals surface area contributed by atoms with Crippen molar-refractivity contribution in [1.29, 1.82) is 0 Å². The van der Waals surface area contributed by atoms with Gasteiger partial charge in [0.2, 0.25) is 5.84 Å². The molecule has 0 aliphatic rings. The summed E-state index contributed by atoms with van der Waals surface area (Å²) < 4.78 is 0. The summed E-state index contributed by atoms with van der Waals surface area (Å²) in [6.07, 6.45) is 0.833. The van der Waals surface area contributed by atoms with Gasteiger partial charge < -0.3 is 0 Å². The van der Waals surface area contributed by atoms with Crippen LogP contribution in [0.3, 0.4) is 0 Å². The lowest BCUT2D eigenvalue weighted by molar-refractivity contribution is -0.118. The molecule has 0 atom stereocenters. The molecule has 0 spiro atoms. The summed E-state index contributed by atoms with van der Waals surface area (Å²) in [5, 5.41) is 5.19. The second kappa shape index (κ2) is 2.61. The molecule has 0 rings (SSSR count). The number of hydrogen-bond donors (Lipinski definition) is 2. The zero-order valence-corrected chi connectivity index (χ0v) is 4.94. The number of hydrogen-bond acceptors (Lipinski definition) is 0. The van der Waals surface area contributed by atoms with E-state index >= 15 is 0 Å². The van der Waals surface area contributed by atoms with Crippen molar-refractivity contribution in [2.75, 3.05) is 0 Å². The molecule has 4 N–H and O–H groups in total. The normalized spacial score (nSPS) is 9.57. The molecule has 0 bridgehead atoms. The van der Waals surface area contributed by atoms with Crippen LogP contribution in [0, 0.1) is 5.92 Å². The van der Waals surface area contributed by atoms with Crippen LogP contribution in [0.1, 0.15) is 20.3 Å². The van der Waals surface area contributed by atoms with Gasteiger partial charge in [-0.05, 0) is 5.92 Å². The highest BCUT2D eigenvalue weighted by atomic mass is 14.7. The maximum Gasteiger partial charge on any atom is 0.238 e. The van der Waals surface area contributed by atoms with Gasteiger partial charge in [-0.15, -0.1) is 0 Å². The molecule has 2 nitrogen and oxygen atoms in total. The van der Waals surface area contributed by atoms with E-state index in [2.05, 4.69) is 13.8 Å². The lowest BCUT2D eigenvalue weighted by Gasteiger charge is -1.94. The minimum atomic E-state index is 0.537. The van der Waals surface area contributed by atoms with Crippen molar-refractivity contribution in [3.63, 3.8) is 0 Å². The monoisotopic (exact) mass is 101 g/mol. The molecular formula is C5H13N2+. The molecule has 42 valence electrons. The first-order valence-electron chi connectivity index (χ1n) is 2.49. The molecule has 0 fully saturated rings. The fraction of sp³-hybridized carbons (Fsp3) is 0.800. The van der Waals surface area contributed by atoms with Gasteiger partial charge in [0.05, 0.1) is 6.42 Å². The molecule has 0 radical (unpaired) electrons. The summed E-state index contributed by atoms with van der Waals surface area (Å²) in [7, 11) is 0. The van der Waals surface area contributed by atoms with Crippen LogP contribution in [-0.2, 0) is 0 Å². The van der Waals surface area contributed by atoms with Crippen LogP contribution in [0.15, 0.2) is 0 Å². The molecule has 0 amide bonds. The van der Waals surface area contributed by atoms with Crippen LogP contribution in [0.5, 0.6) is 0 Å². The second-order valence-electron chi connectivity index (χ2n) is 2.17. The van der Waals surface area contributed by atoms with Crippen molar-refractivity contribution in [3.8, 4) is 0 Å². The van der Waals surface area contributed by atoms with E-state index < -0.39 is 0 Å². The average molecular weight is 101 g/mol. The Morgan fingerprint density at radius 1 is 1.71 bits per heavy atom. The Kier molecular flexibility index (Phi) is 2.41. The van der Waals surface area contributed by atoms with Crippen molar-refractivity contribution in [2.24, 2.45) is 11.7 Å². The van der Waals surface area contributed by atoms with Gasteiger partial charge in [-0.2, -0.15) is 0 Å². The van der Waals surface area contributed by atoms with Gasteiger partial charge in [0.1, 0.15) is 0 Å². The lowest BCUT2D eigenvalue weighted by Crippen LogP contribution is -2.46. The standard InChI is InChI=1S/C5H12N2/c1-4(2)3-5(6)7/h4H,3H2,1-2H3,(H3,6,7)/p+1. The Bertz CT molecular complexity index is 66.5. The molecule has 0 saturated heterocycles. The summed E-state index contributed by atoms with van der Waals surface area (Å²) in [5.74, 6) is 1.13. The third-order valence-corrected chi connectivity index (χ3v) is 0.644. The Labute approximate surface area is 44.2 Å². The maximum absolute atomic E-state index is 5.19. The van der Waals surface area contributed by atoms with Crippen LogP contribution in [0.2, 0.25) is 0 Å². The van der Waals surface area contributed by atoms with E-state index in [1.165, 1.54) is 0 Å². The molecule has 7 heavy (non-hydrogen) atoms. The summed E-state index contributed by atoms with van der Waals surface area (Å²) in [5.41, 5.74) is 5.19. The summed E-state index contributed by atoms with van der Waals surface area (Å²) in [6.45, 7) is 4.17. The molecule has 0 aromatic heterocycles. The molecule has 0 aliphatic carbocycles. The van der Waals surface area contributed by atoms with Gasteiger partial charge in [-0.3, -0.25) is 11.1 Å². The van der Waals surface area contributed by atoms with Gasteiger partial charge in [0.25, 0.3) is 0 Å². The van der Waals surface area contributed by atoms with Gasteiger partial charge in [0.15, 0.2) is 0 Å². The van der Waals surface area contributed by atoms with Gasteiger partial charge in [0, 0.05) is 0 Å². The molecule has 0 unspecified atom stereocenters. The van der Waals surface area contributed by atoms with Gasteiger partial charge in [-0.1, -0.05) is 13.8 Å². The average Bonchev–Trinajstić information content (AvgIpc) is 1.27. The summed E-state index contributed by atoms with van der Waals surface area (Å²) in [6, 6.07) is 0. The minimum Gasteiger partial charge on any atom is -0.291 e. The fourth-order valence-electron chi connectivity index (χ4n) is 0.471. The largest absolute Gasteiger partial charge is 0.291 e. The first kappa shape index (κ1) is 6.47. The highest BCUT2D eigenvalue weighted by Gasteiger charge is 1.97. The Balaban J connectivity index is 3.13. The molecule has 2 heteroatoms. The maximum atomic E-state index is 5.19. The van der Waals surface area contributed by atoms with E-state index in [1.54, 1.807) is 0 Å². The minimum absolute atomic E-state index is 0.537. The van der Waals surface area contributed by atoms with Crippen molar-refractivity contribution < 1.29 is 5.41 Å². The van der Waals surface area contributed by atoms with Crippen LogP contribution in [0.4, 0.5) is 0 Å². The lowest BCUT2D eigenvalue weighted by atomic mass is 10.1. The summed E-state index contributed by atoms with van der Waals surface area (Å²) >= 11 is 0. The second-order valence-corrected chi connectivity index (χ2v) is 2.17. The zero-order valence-electron chi connectivity index (χ0n) is 4.94. The third kappa shape index (κ3) is 5.47. The smallest absolute Gasteiger partial charge is 0.238 e. The highest BCUT2D eigenvalue weighted by molar-refractivity contribution is 5.73. The molecular weight excluding hydrogens is 88.1 g/mol. The summed E-state index contributed by atoms with van der Waals surface area (Å²) in [4.78, 5) is 0. The highest BCUT2D eigenvalue weighted by Crippen LogP contribution is 1.94. The van der Waals surface area contributed by atoms with Crippen LogP contribution in [-0.4, -0.2) is 5.84 Å². The van der Waals surface area contributed by atoms with Gasteiger partial charge >= 0.3 is 0 Å². The SMILES string of the molecule is CC(C)CC(N)=[NH2+]. The zero-order chi connectivity index (χ0) is 5.86. The first-order valence-corrected chi connectivity index (χ1v) is 2.49. The Hall–Kier alpha value is -0.530. The Morgan fingerprint density at radius 3 is 2.14 bits per heavy atom. The quantitative estimate of drug-likeness (QED) is 0.345. The number of rotatable bonds is 2. The molecule has 0 aromatic rings. The fourth-order valence-corrected chi connectivity index (χ4v) is 0.471. The van der Waals surface area contributed by atoms with E-state index in [1.807, 2.05) is 0 Å². The van der Waals surface area contributed by atoms with E-state index in [4.69, 9.17) is 11.1 Å². The van der Waals surface area contributed by atoms with Gasteiger partial charge in [-0.25, -0.2) is 0 Å².